The summed E-state index contributed by atoms with van der Waals surface area (Å²) in [6, 6.07) is 7.52. The number of hydrogen-bond donors (Lipinski definition) is 1. The fourth-order valence-corrected chi connectivity index (χ4v) is 3.38. The molecule has 0 bridgehead atoms. The van der Waals surface area contributed by atoms with Gasteiger partial charge in [-0.15, -0.1) is 0 Å². The summed E-state index contributed by atoms with van der Waals surface area (Å²) in [5.41, 5.74) is 0.891. The number of nitrogens with zero attached hydrogens (tertiary/aromatic N) is 1. The van der Waals surface area contributed by atoms with E-state index in [2.05, 4.69) is 10.2 Å². The highest BCUT2D eigenvalue weighted by atomic mass is 16.7. The Bertz CT molecular complexity index is 608. The normalized spacial score (nSPS) is 22.4. The van der Waals surface area contributed by atoms with Gasteiger partial charge in [0.25, 0.3) is 5.91 Å². The lowest BCUT2D eigenvalue weighted by Gasteiger charge is -2.32. The molecule has 1 aromatic carbocycles. The molecule has 1 amide bonds. The van der Waals surface area contributed by atoms with Gasteiger partial charge >= 0.3 is 7.12 Å². The van der Waals surface area contributed by atoms with Crippen molar-refractivity contribution in [3.05, 3.63) is 29.8 Å². The SMILES string of the molecule is CC1(C)OB(c2ccc(C(=O)NCCN3CCCCC3)cc2)OC1(C)C. The van der Waals surface area contributed by atoms with E-state index in [0.29, 0.717) is 12.1 Å². The number of carbonyl (C=O) groups is 1. The van der Waals surface area contributed by atoms with E-state index in [1.165, 1.54) is 19.3 Å². The maximum atomic E-state index is 12.3. The molecule has 2 saturated heterocycles. The van der Waals surface area contributed by atoms with Gasteiger partial charge in [0.2, 0.25) is 0 Å². The van der Waals surface area contributed by atoms with E-state index in [1.54, 1.807) is 0 Å². The van der Waals surface area contributed by atoms with Crippen molar-refractivity contribution in [3.63, 3.8) is 0 Å². The minimum atomic E-state index is -0.392. The second-order valence-corrected chi connectivity index (χ2v) is 8.37. The first-order valence-corrected chi connectivity index (χ1v) is 9.75. The molecule has 142 valence electrons. The lowest BCUT2D eigenvalue weighted by Crippen LogP contribution is -2.41. The molecule has 1 N–H and O–H groups in total. The Balaban J connectivity index is 1.52. The van der Waals surface area contributed by atoms with Gasteiger partial charge in [0.15, 0.2) is 0 Å². The lowest BCUT2D eigenvalue weighted by molar-refractivity contribution is 0.00578. The van der Waals surface area contributed by atoms with E-state index in [9.17, 15) is 4.79 Å². The van der Waals surface area contributed by atoms with E-state index < -0.39 is 7.12 Å². The van der Waals surface area contributed by atoms with Crippen molar-refractivity contribution >= 4 is 18.5 Å². The summed E-state index contributed by atoms with van der Waals surface area (Å²) in [4.78, 5) is 14.8. The molecular weight excluding hydrogens is 327 g/mol. The third kappa shape index (κ3) is 4.30. The Morgan fingerprint density at radius 3 is 2.19 bits per heavy atom. The van der Waals surface area contributed by atoms with Crippen molar-refractivity contribution in [2.45, 2.75) is 58.2 Å². The third-order valence-electron chi connectivity index (χ3n) is 5.86. The number of amides is 1. The number of rotatable bonds is 5. The maximum absolute atomic E-state index is 12.3. The highest BCUT2D eigenvalue weighted by Crippen LogP contribution is 2.36. The predicted molar refractivity (Wildman–Crippen MR) is 105 cm³/mol. The first-order valence-electron chi connectivity index (χ1n) is 9.75. The van der Waals surface area contributed by atoms with E-state index >= 15 is 0 Å². The summed E-state index contributed by atoms with van der Waals surface area (Å²) in [5.74, 6) is -0.0255. The fraction of sp³-hybridized carbons (Fsp3) is 0.650. The van der Waals surface area contributed by atoms with Gasteiger partial charge in [-0.1, -0.05) is 18.6 Å². The molecule has 2 fully saturated rings. The van der Waals surface area contributed by atoms with Crippen LogP contribution in [0.25, 0.3) is 0 Å². The van der Waals surface area contributed by atoms with Crippen LogP contribution in [0, 0.1) is 0 Å². The third-order valence-corrected chi connectivity index (χ3v) is 5.86. The van der Waals surface area contributed by atoms with Crippen molar-refractivity contribution in [3.8, 4) is 0 Å². The Morgan fingerprint density at radius 1 is 1.04 bits per heavy atom. The average molecular weight is 358 g/mol. The molecule has 6 heteroatoms. The molecule has 26 heavy (non-hydrogen) atoms. The van der Waals surface area contributed by atoms with Crippen molar-refractivity contribution in [1.29, 1.82) is 0 Å². The Labute approximate surface area is 157 Å². The zero-order chi connectivity index (χ0) is 18.8. The van der Waals surface area contributed by atoms with Gasteiger partial charge in [-0.3, -0.25) is 4.79 Å². The molecule has 1 aromatic rings. The number of benzene rings is 1. The van der Waals surface area contributed by atoms with Crippen LogP contribution in [0.15, 0.2) is 24.3 Å². The van der Waals surface area contributed by atoms with Gasteiger partial charge < -0.3 is 19.5 Å². The fourth-order valence-electron chi connectivity index (χ4n) is 3.38. The molecule has 0 aliphatic carbocycles. The summed E-state index contributed by atoms with van der Waals surface area (Å²) in [6.07, 6.45) is 3.88. The first-order chi connectivity index (χ1) is 12.3. The molecular formula is C20H31BN2O3. The van der Waals surface area contributed by atoms with Crippen molar-refractivity contribution in [2.24, 2.45) is 0 Å². The molecule has 0 spiro atoms. The molecule has 0 saturated carbocycles. The van der Waals surface area contributed by atoms with E-state index in [1.807, 2.05) is 52.0 Å². The molecule has 2 aliphatic rings. The first kappa shape index (κ1) is 19.4. The van der Waals surface area contributed by atoms with Gasteiger partial charge in [0, 0.05) is 18.7 Å². The van der Waals surface area contributed by atoms with Crippen molar-refractivity contribution < 1.29 is 14.1 Å². The smallest absolute Gasteiger partial charge is 0.399 e. The number of carbonyl (C=O) groups excluding carboxylic acids is 1. The van der Waals surface area contributed by atoms with Crippen LogP contribution in [0.2, 0.25) is 0 Å². The molecule has 2 aliphatic heterocycles. The molecule has 0 atom stereocenters. The molecule has 2 heterocycles. The summed E-state index contributed by atoms with van der Waals surface area (Å²) in [5, 5.41) is 3.02. The Hall–Kier alpha value is -1.37. The maximum Gasteiger partial charge on any atom is 0.494 e. The molecule has 3 rings (SSSR count). The standard InChI is InChI=1S/C20H31BN2O3/c1-19(2)20(3,4)26-21(25-19)17-10-8-16(9-11-17)18(24)22-12-15-23-13-6-5-7-14-23/h8-11H,5-7,12-15H2,1-4H3,(H,22,24). The zero-order valence-corrected chi connectivity index (χ0v) is 16.5. The minimum absolute atomic E-state index is 0.0255. The second-order valence-electron chi connectivity index (χ2n) is 8.37. The lowest BCUT2D eigenvalue weighted by atomic mass is 9.79. The van der Waals surface area contributed by atoms with Crippen LogP contribution in [0.3, 0.4) is 0 Å². The average Bonchev–Trinajstić information content (AvgIpc) is 2.83. The van der Waals surface area contributed by atoms with Gasteiger partial charge in [-0.05, 0) is 71.2 Å². The van der Waals surface area contributed by atoms with Gasteiger partial charge in [-0.25, -0.2) is 0 Å². The summed E-state index contributed by atoms with van der Waals surface area (Å²) < 4.78 is 12.1. The molecule has 0 radical (unpaired) electrons. The van der Waals surface area contributed by atoms with Crippen LogP contribution in [0.4, 0.5) is 0 Å². The van der Waals surface area contributed by atoms with Crippen LogP contribution in [0.5, 0.6) is 0 Å². The van der Waals surface area contributed by atoms with Gasteiger partial charge in [-0.2, -0.15) is 0 Å². The number of piperidine rings is 1. The van der Waals surface area contributed by atoms with Crippen LogP contribution in [0.1, 0.15) is 57.3 Å². The summed E-state index contributed by atoms with van der Waals surface area (Å²) in [6.45, 7) is 12.1. The summed E-state index contributed by atoms with van der Waals surface area (Å²) in [7, 11) is -0.392. The summed E-state index contributed by atoms with van der Waals surface area (Å²) >= 11 is 0. The Morgan fingerprint density at radius 2 is 1.62 bits per heavy atom. The monoisotopic (exact) mass is 358 g/mol. The topological polar surface area (TPSA) is 50.8 Å². The highest BCUT2D eigenvalue weighted by Gasteiger charge is 2.51. The van der Waals surface area contributed by atoms with Crippen LogP contribution < -0.4 is 10.8 Å². The Kier molecular flexibility index (Phi) is 5.75. The quantitative estimate of drug-likeness (QED) is 0.820. The molecule has 0 aromatic heterocycles. The van der Waals surface area contributed by atoms with E-state index in [0.717, 1.165) is 25.1 Å². The van der Waals surface area contributed by atoms with Crippen LogP contribution in [-0.4, -0.2) is 55.3 Å². The van der Waals surface area contributed by atoms with Crippen LogP contribution in [-0.2, 0) is 9.31 Å². The van der Waals surface area contributed by atoms with E-state index in [4.69, 9.17) is 9.31 Å². The van der Waals surface area contributed by atoms with Gasteiger partial charge in [0.05, 0.1) is 11.2 Å². The van der Waals surface area contributed by atoms with Crippen molar-refractivity contribution in [1.82, 2.24) is 10.2 Å². The largest absolute Gasteiger partial charge is 0.494 e. The number of nitrogens with one attached hydrogen (secondary N) is 1. The highest BCUT2D eigenvalue weighted by molar-refractivity contribution is 6.62. The predicted octanol–water partition coefficient (Wildman–Crippen LogP) is 2.20. The molecule has 0 unspecified atom stereocenters. The number of hydrogen-bond acceptors (Lipinski definition) is 4. The van der Waals surface area contributed by atoms with Crippen LogP contribution >= 0.6 is 0 Å². The van der Waals surface area contributed by atoms with Crippen molar-refractivity contribution in [2.75, 3.05) is 26.2 Å². The minimum Gasteiger partial charge on any atom is -0.399 e. The number of likely N-dealkylation sites (tertiary alicyclic amines) is 1. The van der Waals surface area contributed by atoms with Gasteiger partial charge in [0.1, 0.15) is 0 Å². The molecule has 5 nitrogen and oxygen atoms in total. The zero-order valence-electron chi connectivity index (χ0n) is 16.5. The second kappa shape index (κ2) is 7.71. The van der Waals surface area contributed by atoms with E-state index in [-0.39, 0.29) is 17.1 Å².